The molecule has 0 radical (unpaired) electrons. The third-order valence-electron chi connectivity index (χ3n) is 3.49. The highest BCUT2D eigenvalue weighted by Gasteiger charge is 2.52. The zero-order valence-electron chi connectivity index (χ0n) is 11.5. The van der Waals surface area contributed by atoms with E-state index in [1.165, 1.54) is 6.92 Å². The molecule has 0 spiro atoms. The molecule has 116 valence electrons. The van der Waals surface area contributed by atoms with E-state index in [0.717, 1.165) is 0 Å². The van der Waals surface area contributed by atoms with Gasteiger partial charge in [0.1, 0.15) is 12.0 Å². The third kappa shape index (κ3) is 3.16. The molecule has 1 rings (SSSR count). The molecule has 0 heterocycles. The second-order valence-corrected chi connectivity index (χ2v) is 6.96. The van der Waals surface area contributed by atoms with Gasteiger partial charge in [0.2, 0.25) is 0 Å². The van der Waals surface area contributed by atoms with Crippen LogP contribution in [0, 0.1) is 11.3 Å². The van der Waals surface area contributed by atoms with Crippen molar-refractivity contribution >= 4 is 16.4 Å². The lowest BCUT2D eigenvalue weighted by Crippen LogP contribution is -2.29. The quantitative estimate of drug-likeness (QED) is 0.444. The van der Waals surface area contributed by atoms with Crippen LogP contribution in [-0.4, -0.2) is 20.2 Å². The van der Waals surface area contributed by atoms with Crippen molar-refractivity contribution < 1.29 is 30.6 Å². The molecule has 8 heteroatoms. The van der Waals surface area contributed by atoms with Crippen molar-refractivity contribution in [2.75, 3.05) is 0 Å². The van der Waals surface area contributed by atoms with Gasteiger partial charge in [-0.05, 0) is 24.3 Å². The standard InChI is InChI=1S/C12H17F3O4S/c1-8(2)9-4-5-11(3,6-7-16)10(9)19-20(17,18)12(13,14)15/h7-8H,4-6H2,1-3H3/t11-/m0/s1. The normalized spacial score (nSPS) is 24.4. The molecule has 0 fully saturated rings. The first-order chi connectivity index (χ1) is 8.94. The maximum Gasteiger partial charge on any atom is 0.534 e. The predicted molar refractivity (Wildman–Crippen MR) is 65.9 cm³/mol. The molecule has 0 aromatic heterocycles. The Morgan fingerprint density at radius 1 is 1.40 bits per heavy atom. The van der Waals surface area contributed by atoms with E-state index >= 15 is 0 Å². The molecule has 0 N–H and O–H groups in total. The van der Waals surface area contributed by atoms with Crippen LogP contribution in [0.4, 0.5) is 13.2 Å². The molecule has 20 heavy (non-hydrogen) atoms. The Morgan fingerprint density at radius 2 is 1.95 bits per heavy atom. The third-order valence-corrected chi connectivity index (χ3v) is 4.45. The average Bonchev–Trinajstić information content (AvgIpc) is 2.55. The Bertz CT molecular complexity index is 519. The van der Waals surface area contributed by atoms with Gasteiger partial charge in [-0.15, -0.1) is 0 Å². The van der Waals surface area contributed by atoms with Gasteiger partial charge in [0.05, 0.1) is 0 Å². The number of halogens is 3. The summed E-state index contributed by atoms with van der Waals surface area (Å²) >= 11 is 0. The number of rotatable bonds is 5. The molecule has 0 amide bonds. The molecule has 1 atom stereocenters. The van der Waals surface area contributed by atoms with Gasteiger partial charge in [0, 0.05) is 11.8 Å². The highest BCUT2D eigenvalue weighted by atomic mass is 32.2. The van der Waals surface area contributed by atoms with E-state index < -0.39 is 21.0 Å². The fourth-order valence-corrected chi connectivity index (χ4v) is 2.89. The Hall–Kier alpha value is -1.05. The molecule has 0 aromatic rings. The molecule has 0 unspecified atom stereocenters. The molecule has 0 bridgehead atoms. The van der Waals surface area contributed by atoms with E-state index in [4.69, 9.17) is 0 Å². The van der Waals surface area contributed by atoms with Gasteiger partial charge in [-0.2, -0.15) is 21.6 Å². The number of hydrogen-bond donors (Lipinski definition) is 0. The van der Waals surface area contributed by atoms with Crippen LogP contribution in [0.2, 0.25) is 0 Å². The van der Waals surface area contributed by atoms with E-state index in [2.05, 4.69) is 4.18 Å². The van der Waals surface area contributed by atoms with E-state index in [1.807, 2.05) is 0 Å². The summed E-state index contributed by atoms with van der Waals surface area (Å²) in [5, 5.41) is 0. The van der Waals surface area contributed by atoms with Gasteiger partial charge in [-0.1, -0.05) is 20.8 Å². The van der Waals surface area contributed by atoms with E-state index in [9.17, 15) is 26.4 Å². The van der Waals surface area contributed by atoms with Crippen LogP contribution < -0.4 is 0 Å². The summed E-state index contributed by atoms with van der Waals surface area (Å²) in [5.74, 6) is -0.376. The van der Waals surface area contributed by atoms with Crippen LogP contribution in [0.5, 0.6) is 0 Å². The molecule has 0 saturated carbocycles. The molecule has 0 aliphatic heterocycles. The fraction of sp³-hybridized carbons (Fsp3) is 0.750. The van der Waals surface area contributed by atoms with Crippen LogP contribution in [0.1, 0.15) is 40.0 Å². The number of carbonyl (C=O) groups is 1. The molecule has 0 aromatic carbocycles. The molecule has 1 aliphatic rings. The van der Waals surface area contributed by atoms with E-state index in [0.29, 0.717) is 24.7 Å². The minimum absolute atomic E-state index is 0.0774. The lowest BCUT2D eigenvalue weighted by Gasteiger charge is -2.26. The molecule has 4 nitrogen and oxygen atoms in total. The largest absolute Gasteiger partial charge is 0.534 e. The van der Waals surface area contributed by atoms with Gasteiger partial charge in [-0.3, -0.25) is 0 Å². The van der Waals surface area contributed by atoms with Crippen LogP contribution in [-0.2, 0) is 19.1 Å². The first kappa shape index (κ1) is 17.0. The number of hydrogen-bond acceptors (Lipinski definition) is 4. The Balaban J connectivity index is 3.27. The van der Waals surface area contributed by atoms with Crippen molar-refractivity contribution in [1.82, 2.24) is 0 Å². The topological polar surface area (TPSA) is 60.4 Å². The van der Waals surface area contributed by atoms with Crippen molar-refractivity contribution in [3.05, 3.63) is 11.3 Å². The highest BCUT2D eigenvalue weighted by Crippen LogP contribution is 2.49. The van der Waals surface area contributed by atoms with Gasteiger partial charge in [0.15, 0.2) is 0 Å². The van der Waals surface area contributed by atoms with Crippen LogP contribution in [0.3, 0.4) is 0 Å². The zero-order valence-corrected chi connectivity index (χ0v) is 12.3. The van der Waals surface area contributed by atoms with Crippen molar-refractivity contribution in [1.29, 1.82) is 0 Å². The summed E-state index contributed by atoms with van der Waals surface area (Å²) in [5.41, 5.74) is -5.96. The Morgan fingerprint density at radius 3 is 2.35 bits per heavy atom. The minimum atomic E-state index is -5.71. The van der Waals surface area contributed by atoms with Crippen LogP contribution in [0.25, 0.3) is 0 Å². The van der Waals surface area contributed by atoms with Crippen molar-refractivity contribution in [2.24, 2.45) is 11.3 Å². The smallest absolute Gasteiger partial charge is 0.380 e. The lowest BCUT2D eigenvalue weighted by molar-refractivity contribution is -0.109. The molecular weight excluding hydrogens is 297 g/mol. The van der Waals surface area contributed by atoms with Crippen molar-refractivity contribution in [3.63, 3.8) is 0 Å². The predicted octanol–water partition coefficient (Wildman–Crippen LogP) is 3.15. The number of carbonyl (C=O) groups excluding carboxylic acids is 1. The minimum Gasteiger partial charge on any atom is -0.380 e. The Kier molecular flexibility index (Phi) is 4.58. The number of aldehydes is 1. The molecule has 0 saturated heterocycles. The lowest BCUT2D eigenvalue weighted by atomic mass is 9.85. The SMILES string of the molecule is CC(C)C1=C(OS(=O)(=O)C(F)(F)F)[C@](C)(CC=O)CC1. The fourth-order valence-electron chi connectivity index (χ4n) is 2.27. The first-order valence-corrected chi connectivity index (χ1v) is 7.53. The van der Waals surface area contributed by atoms with Crippen LogP contribution in [0.15, 0.2) is 11.3 Å². The zero-order chi connectivity index (χ0) is 15.8. The summed E-state index contributed by atoms with van der Waals surface area (Å²) < 4.78 is 64.1. The second-order valence-electron chi connectivity index (χ2n) is 5.42. The maximum atomic E-state index is 12.4. The first-order valence-electron chi connectivity index (χ1n) is 6.12. The Labute approximate surface area is 116 Å². The van der Waals surface area contributed by atoms with Gasteiger partial charge in [-0.25, -0.2) is 0 Å². The second kappa shape index (κ2) is 5.38. The summed E-state index contributed by atoms with van der Waals surface area (Å²) in [6.45, 7) is 5.02. The summed E-state index contributed by atoms with van der Waals surface area (Å²) in [4.78, 5) is 10.7. The maximum absolute atomic E-state index is 12.4. The summed E-state index contributed by atoms with van der Waals surface area (Å²) in [6, 6.07) is 0. The highest BCUT2D eigenvalue weighted by molar-refractivity contribution is 7.87. The van der Waals surface area contributed by atoms with Crippen molar-refractivity contribution in [3.8, 4) is 0 Å². The number of allylic oxidation sites excluding steroid dienone is 2. The summed E-state index contributed by atoms with van der Waals surface area (Å²) in [6.07, 6.45) is 1.30. The molecule has 1 aliphatic carbocycles. The monoisotopic (exact) mass is 314 g/mol. The average molecular weight is 314 g/mol. The summed E-state index contributed by atoms with van der Waals surface area (Å²) in [7, 11) is -5.71. The van der Waals surface area contributed by atoms with Gasteiger partial charge in [0.25, 0.3) is 0 Å². The van der Waals surface area contributed by atoms with Crippen molar-refractivity contribution in [2.45, 2.75) is 45.5 Å². The van der Waals surface area contributed by atoms with Gasteiger partial charge < -0.3 is 8.98 Å². The van der Waals surface area contributed by atoms with E-state index in [-0.39, 0.29) is 18.1 Å². The molecular formula is C12H17F3O4S. The van der Waals surface area contributed by atoms with Crippen LogP contribution >= 0.6 is 0 Å². The van der Waals surface area contributed by atoms with E-state index in [1.54, 1.807) is 13.8 Å². The van der Waals surface area contributed by atoms with Gasteiger partial charge >= 0.3 is 15.6 Å². The number of alkyl halides is 3.